The summed E-state index contributed by atoms with van der Waals surface area (Å²) in [7, 11) is 0. The fourth-order valence-electron chi connectivity index (χ4n) is 3.84. The number of amides is 1. The number of H-pyrrole nitrogens is 1. The quantitative estimate of drug-likeness (QED) is 0.901. The summed E-state index contributed by atoms with van der Waals surface area (Å²) in [5.74, 6) is -1.19. The number of aromatic carboxylic acids is 1. The Hall–Kier alpha value is -2.28. The van der Waals surface area contributed by atoms with Crippen LogP contribution in [0.5, 0.6) is 0 Å². The Labute approximate surface area is 138 Å². The molecule has 7 heteroatoms. The number of carboxylic acids is 1. The lowest BCUT2D eigenvalue weighted by molar-refractivity contribution is 0.00764. The van der Waals surface area contributed by atoms with Gasteiger partial charge in [0, 0.05) is 19.2 Å². The molecule has 0 spiro atoms. The van der Waals surface area contributed by atoms with E-state index >= 15 is 0 Å². The van der Waals surface area contributed by atoms with E-state index in [0.717, 1.165) is 38.7 Å². The van der Waals surface area contributed by atoms with Gasteiger partial charge in [-0.1, -0.05) is 0 Å². The topological polar surface area (TPSA) is 95.8 Å². The molecule has 7 nitrogen and oxygen atoms in total. The maximum atomic E-state index is 13.0. The van der Waals surface area contributed by atoms with E-state index in [1.165, 1.54) is 6.26 Å². The van der Waals surface area contributed by atoms with Crippen LogP contribution in [0.1, 0.15) is 53.0 Å². The second-order valence-corrected chi connectivity index (χ2v) is 6.49. The van der Waals surface area contributed by atoms with Crippen LogP contribution in [0.25, 0.3) is 11.1 Å². The molecule has 2 aliphatic heterocycles. The van der Waals surface area contributed by atoms with E-state index in [1.54, 1.807) is 6.07 Å². The van der Waals surface area contributed by atoms with Crippen molar-refractivity contribution in [3.8, 4) is 0 Å². The number of hydrogen-bond acceptors (Lipinski definition) is 4. The van der Waals surface area contributed by atoms with Gasteiger partial charge in [-0.3, -0.25) is 4.79 Å². The van der Waals surface area contributed by atoms with Crippen molar-refractivity contribution in [1.82, 2.24) is 9.88 Å². The predicted octanol–water partition coefficient (Wildman–Crippen LogP) is 2.63. The highest BCUT2D eigenvalue weighted by atomic mass is 16.5. The molecule has 4 rings (SSSR count). The molecule has 0 aliphatic carbocycles. The molecule has 2 N–H and O–H groups in total. The second-order valence-electron chi connectivity index (χ2n) is 6.49. The minimum absolute atomic E-state index is 0.0402. The van der Waals surface area contributed by atoms with Gasteiger partial charge in [-0.25, -0.2) is 4.79 Å². The zero-order valence-corrected chi connectivity index (χ0v) is 13.3. The number of aromatic amines is 1. The summed E-state index contributed by atoms with van der Waals surface area (Å²) in [5, 5.41) is 9.16. The van der Waals surface area contributed by atoms with E-state index < -0.39 is 5.97 Å². The largest absolute Gasteiger partial charge is 0.477 e. The van der Waals surface area contributed by atoms with E-state index in [9.17, 15) is 9.59 Å². The number of nitrogens with zero attached hydrogens (tertiary/aromatic N) is 1. The summed E-state index contributed by atoms with van der Waals surface area (Å²) in [5.41, 5.74) is 1.16. The summed E-state index contributed by atoms with van der Waals surface area (Å²) in [6.07, 6.45) is 6.37. The number of piperidine rings is 1. The number of hydrogen-bond donors (Lipinski definition) is 2. The van der Waals surface area contributed by atoms with E-state index in [4.69, 9.17) is 14.3 Å². The smallest absolute Gasteiger partial charge is 0.341 e. The molecule has 24 heavy (non-hydrogen) atoms. The van der Waals surface area contributed by atoms with Crippen molar-refractivity contribution in [2.75, 3.05) is 13.2 Å². The number of carbonyl (C=O) groups excluding carboxylic acids is 1. The summed E-state index contributed by atoms with van der Waals surface area (Å²) >= 11 is 0. The van der Waals surface area contributed by atoms with Crippen LogP contribution in [-0.4, -0.2) is 52.2 Å². The fourth-order valence-corrected chi connectivity index (χ4v) is 3.84. The first-order valence-corrected chi connectivity index (χ1v) is 8.41. The van der Waals surface area contributed by atoms with Gasteiger partial charge in [-0.05, 0) is 32.1 Å². The van der Waals surface area contributed by atoms with Gasteiger partial charge in [0.25, 0.3) is 5.91 Å². The zero-order valence-electron chi connectivity index (χ0n) is 13.3. The number of aromatic nitrogens is 1. The number of furan rings is 1. The Morgan fingerprint density at radius 1 is 1.25 bits per heavy atom. The lowest BCUT2D eigenvalue weighted by Gasteiger charge is -2.38. The molecule has 0 bridgehead atoms. The highest BCUT2D eigenvalue weighted by Crippen LogP contribution is 2.29. The number of carbonyl (C=O) groups is 2. The van der Waals surface area contributed by atoms with Crippen LogP contribution in [0.15, 0.2) is 16.7 Å². The van der Waals surface area contributed by atoms with Crippen LogP contribution in [0, 0.1) is 0 Å². The van der Waals surface area contributed by atoms with Gasteiger partial charge in [0.2, 0.25) is 0 Å². The van der Waals surface area contributed by atoms with E-state index in [1.807, 2.05) is 4.90 Å². The number of carboxylic acid groups (broad SMARTS) is 1. The molecule has 2 aromatic heterocycles. The van der Waals surface area contributed by atoms with Crippen molar-refractivity contribution < 1.29 is 23.8 Å². The van der Waals surface area contributed by atoms with E-state index in [-0.39, 0.29) is 23.6 Å². The van der Waals surface area contributed by atoms with Gasteiger partial charge in [0.1, 0.15) is 17.5 Å². The second kappa shape index (κ2) is 5.98. The Morgan fingerprint density at radius 3 is 2.88 bits per heavy atom. The Morgan fingerprint density at radius 2 is 2.12 bits per heavy atom. The van der Waals surface area contributed by atoms with Crippen LogP contribution >= 0.6 is 0 Å². The summed E-state index contributed by atoms with van der Waals surface area (Å²) in [4.78, 5) is 29.0. The molecule has 2 aliphatic rings. The Kier molecular flexibility index (Phi) is 3.80. The van der Waals surface area contributed by atoms with Gasteiger partial charge in [0.15, 0.2) is 5.58 Å². The summed E-state index contributed by atoms with van der Waals surface area (Å²) in [6.45, 7) is 1.47. The maximum Gasteiger partial charge on any atom is 0.341 e. The molecule has 2 fully saturated rings. The molecule has 2 saturated heterocycles. The number of fused-ring (bicyclic) bond motifs is 1. The number of likely N-dealkylation sites (tertiary alicyclic amines) is 1. The monoisotopic (exact) mass is 332 g/mol. The first-order valence-electron chi connectivity index (χ1n) is 8.41. The van der Waals surface area contributed by atoms with Crippen molar-refractivity contribution in [2.45, 2.75) is 44.2 Å². The van der Waals surface area contributed by atoms with E-state index in [0.29, 0.717) is 23.3 Å². The van der Waals surface area contributed by atoms with Crippen LogP contribution in [0.2, 0.25) is 0 Å². The van der Waals surface area contributed by atoms with Gasteiger partial charge in [-0.15, -0.1) is 0 Å². The molecule has 0 aromatic carbocycles. The normalized spacial score (nSPS) is 24.6. The van der Waals surface area contributed by atoms with Gasteiger partial charge < -0.3 is 24.1 Å². The van der Waals surface area contributed by atoms with Crippen molar-refractivity contribution in [1.29, 1.82) is 0 Å². The van der Waals surface area contributed by atoms with Crippen molar-refractivity contribution in [2.24, 2.45) is 0 Å². The fraction of sp³-hybridized carbons (Fsp3) is 0.529. The average molecular weight is 332 g/mol. The number of ether oxygens (including phenoxy) is 1. The number of nitrogens with one attached hydrogen (secondary N) is 1. The lowest BCUT2D eigenvalue weighted by atomic mass is 9.95. The first-order chi connectivity index (χ1) is 11.6. The summed E-state index contributed by atoms with van der Waals surface area (Å²) < 4.78 is 11.1. The SMILES string of the molecule is O=C(O)c1coc2cc(C(=O)N3CCCCC3C3CCCO3)[nH]c12. The zero-order chi connectivity index (χ0) is 16.7. The third kappa shape index (κ3) is 2.49. The molecule has 128 valence electrons. The Bertz CT molecular complexity index is 771. The minimum Gasteiger partial charge on any atom is -0.477 e. The maximum absolute atomic E-state index is 13.0. The van der Waals surface area contributed by atoms with Crippen LogP contribution < -0.4 is 0 Å². The van der Waals surface area contributed by atoms with E-state index in [2.05, 4.69) is 4.98 Å². The van der Waals surface area contributed by atoms with Crippen LogP contribution in [-0.2, 0) is 4.74 Å². The van der Waals surface area contributed by atoms with Crippen molar-refractivity contribution in [3.63, 3.8) is 0 Å². The average Bonchev–Trinajstić information content (AvgIpc) is 3.30. The molecular weight excluding hydrogens is 312 g/mol. The molecule has 2 unspecified atom stereocenters. The Balaban J connectivity index is 1.62. The lowest BCUT2D eigenvalue weighted by Crippen LogP contribution is -2.49. The van der Waals surface area contributed by atoms with Gasteiger partial charge in [0.05, 0.1) is 17.7 Å². The highest BCUT2D eigenvalue weighted by Gasteiger charge is 2.36. The predicted molar refractivity (Wildman–Crippen MR) is 85.2 cm³/mol. The van der Waals surface area contributed by atoms with Crippen LogP contribution in [0.3, 0.4) is 0 Å². The van der Waals surface area contributed by atoms with Crippen molar-refractivity contribution >= 4 is 23.0 Å². The molecule has 0 radical (unpaired) electrons. The van der Waals surface area contributed by atoms with Crippen molar-refractivity contribution in [3.05, 3.63) is 23.6 Å². The van der Waals surface area contributed by atoms with Gasteiger partial charge in [-0.2, -0.15) is 0 Å². The minimum atomic E-state index is -1.08. The molecule has 1 amide bonds. The highest BCUT2D eigenvalue weighted by molar-refractivity contribution is 6.04. The third-order valence-electron chi connectivity index (χ3n) is 5.02. The summed E-state index contributed by atoms with van der Waals surface area (Å²) in [6, 6.07) is 1.69. The molecule has 4 heterocycles. The molecule has 2 atom stereocenters. The molecule has 2 aromatic rings. The molecular formula is C17H20N2O5. The van der Waals surface area contributed by atoms with Gasteiger partial charge >= 0.3 is 5.97 Å². The third-order valence-corrected chi connectivity index (χ3v) is 5.02. The van der Waals surface area contributed by atoms with Crippen LogP contribution in [0.4, 0.5) is 0 Å². The first kappa shape index (κ1) is 15.3. The standard InChI is InChI=1S/C17H20N2O5/c20-16(11-8-14-15(18-11)10(9-24-14)17(21)22)19-6-2-1-4-12(19)13-5-3-7-23-13/h8-9,12-13,18H,1-7H2,(H,21,22). The molecule has 0 saturated carbocycles. The number of rotatable bonds is 3.